The number of nitriles is 1. The molecule has 1 aromatic rings. The highest BCUT2D eigenvalue weighted by Crippen LogP contribution is 2.22. The zero-order chi connectivity index (χ0) is 12.2. The molecular weight excluding hydrogens is 224 g/mol. The Morgan fingerprint density at radius 3 is 2.44 bits per heavy atom. The molecule has 0 aliphatic rings. The first-order chi connectivity index (χ1) is 7.56. The first kappa shape index (κ1) is 12.5. The lowest BCUT2D eigenvalue weighted by atomic mass is 10.2. The van der Waals surface area contributed by atoms with Crippen molar-refractivity contribution in [3.63, 3.8) is 0 Å². The van der Waals surface area contributed by atoms with E-state index in [2.05, 4.69) is 0 Å². The quantitative estimate of drug-likeness (QED) is 0.802. The van der Waals surface area contributed by atoms with Crippen molar-refractivity contribution in [2.45, 2.75) is 13.8 Å². The minimum absolute atomic E-state index is 0.0284. The molecule has 86 valence electrons. The van der Waals surface area contributed by atoms with Crippen molar-refractivity contribution in [3.05, 3.63) is 29.8 Å². The van der Waals surface area contributed by atoms with Crippen molar-refractivity contribution in [1.82, 2.24) is 0 Å². The minimum Gasteiger partial charge on any atom is -0.269 e. The van der Waals surface area contributed by atoms with Crippen molar-refractivity contribution in [1.29, 1.82) is 5.26 Å². The van der Waals surface area contributed by atoms with E-state index in [9.17, 15) is 8.42 Å². The zero-order valence-corrected chi connectivity index (χ0v) is 10.2. The molecule has 4 nitrogen and oxygen atoms in total. The zero-order valence-electron chi connectivity index (χ0n) is 9.34. The third kappa shape index (κ3) is 2.34. The van der Waals surface area contributed by atoms with Crippen LogP contribution >= 0.6 is 0 Å². The molecule has 0 fully saturated rings. The van der Waals surface area contributed by atoms with Crippen LogP contribution in [0.25, 0.3) is 0 Å². The highest BCUT2D eigenvalue weighted by atomic mass is 32.2. The van der Waals surface area contributed by atoms with Crippen LogP contribution in [0.1, 0.15) is 19.4 Å². The third-order valence-electron chi connectivity index (χ3n) is 2.28. The summed E-state index contributed by atoms with van der Waals surface area (Å²) in [5.74, 6) is 0.0284. The Hall–Kier alpha value is -1.54. The van der Waals surface area contributed by atoms with Crippen LogP contribution in [0, 0.1) is 11.3 Å². The predicted octanol–water partition coefficient (Wildman–Crippen LogP) is 1.73. The molecule has 16 heavy (non-hydrogen) atoms. The van der Waals surface area contributed by atoms with Gasteiger partial charge in [0.25, 0.3) is 0 Å². The predicted molar refractivity (Wildman–Crippen MR) is 63.6 cm³/mol. The number of para-hydroxylation sites is 1. The maximum atomic E-state index is 11.8. The van der Waals surface area contributed by atoms with Gasteiger partial charge in [0.1, 0.15) is 6.07 Å². The second-order valence-electron chi connectivity index (χ2n) is 3.19. The van der Waals surface area contributed by atoms with Gasteiger partial charge >= 0.3 is 0 Å². The highest BCUT2D eigenvalue weighted by Gasteiger charge is 2.20. The standard InChI is InChI=1S/C11H14N2O2S/c1-3-13(16(14,15)4-2)11-8-6-5-7-10(11)9-12/h5-8H,3-4H2,1-2H3. The number of hydrogen-bond donors (Lipinski definition) is 0. The maximum absolute atomic E-state index is 11.8. The van der Waals surface area contributed by atoms with Gasteiger partial charge in [0.2, 0.25) is 10.0 Å². The summed E-state index contributed by atoms with van der Waals surface area (Å²) in [6.07, 6.45) is 0. The van der Waals surface area contributed by atoms with Crippen LogP contribution in [0.5, 0.6) is 0 Å². The van der Waals surface area contributed by atoms with Gasteiger partial charge in [-0.1, -0.05) is 12.1 Å². The lowest BCUT2D eigenvalue weighted by Gasteiger charge is -2.22. The number of benzene rings is 1. The van der Waals surface area contributed by atoms with E-state index < -0.39 is 10.0 Å². The van der Waals surface area contributed by atoms with Crippen LogP contribution in [0.15, 0.2) is 24.3 Å². The second-order valence-corrected chi connectivity index (χ2v) is 5.38. The molecule has 5 heteroatoms. The fourth-order valence-corrected chi connectivity index (χ4v) is 2.62. The van der Waals surface area contributed by atoms with Gasteiger partial charge in [-0.3, -0.25) is 4.31 Å². The van der Waals surface area contributed by atoms with Gasteiger partial charge in [-0.25, -0.2) is 8.42 Å². The van der Waals surface area contributed by atoms with Gasteiger partial charge in [-0.05, 0) is 26.0 Å². The molecule has 0 atom stereocenters. The summed E-state index contributed by atoms with van der Waals surface area (Å²) in [5, 5.41) is 8.93. The van der Waals surface area contributed by atoms with Crippen LogP contribution in [0.2, 0.25) is 0 Å². The van der Waals surface area contributed by atoms with Crippen molar-refractivity contribution < 1.29 is 8.42 Å². The summed E-state index contributed by atoms with van der Waals surface area (Å²) < 4.78 is 24.9. The fraction of sp³-hybridized carbons (Fsp3) is 0.364. The van der Waals surface area contributed by atoms with Crippen LogP contribution in [-0.2, 0) is 10.0 Å². The summed E-state index contributed by atoms with van der Waals surface area (Å²) in [6, 6.07) is 8.71. The number of rotatable bonds is 4. The van der Waals surface area contributed by atoms with E-state index in [-0.39, 0.29) is 5.75 Å². The Kier molecular flexibility index (Phi) is 3.91. The largest absolute Gasteiger partial charge is 0.269 e. The number of sulfonamides is 1. The van der Waals surface area contributed by atoms with E-state index in [4.69, 9.17) is 5.26 Å². The smallest absolute Gasteiger partial charge is 0.234 e. The molecule has 0 heterocycles. The van der Waals surface area contributed by atoms with E-state index in [1.165, 1.54) is 4.31 Å². The van der Waals surface area contributed by atoms with Gasteiger partial charge in [-0.2, -0.15) is 5.26 Å². The topological polar surface area (TPSA) is 61.2 Å². The third-order valence-corrected chi connectivity index (χ3v) is 4.14. The molecule has 0 amide bonds. The average Bonchev–Trinajstić information content (AvgIpc) is 2.30. The van der Waals surface area contributed by atoms with E-state index in [0.29, 0.717) is 17.8 Å². The Balaban J connectivity index is 3.31. The molecule has 1 rings (SSSR count). The van der Waals surface area contributed by atoms with Gasteiger partial charge < -0.3 is 0 Å². The SMILES string of the molecule is CCN(c1ccccc1C#N)S(=O)(=O)CC. The van der Waals surface area contributed by atoms with Crippen molar-refractivity contribution in [2.24, 2.45) is 0 Å². The fourth-order valence-electron chi connectivity index (χ4n) is 1.46. The lowest BCUT2D eigenvalue weighted by molar-refractivity contribution is 0.593. The second kappa shape index (κ2) is 4.99. The molecule has 0 saturated carbocycles. The number of anilines is 1. The van der Waals surface area contributed by atoms with E-state index in [1.54, 1.807) is 38.1 Å². The van der Waals surface area contributed by atoms with E-state index >= 15 is 0 Å². The van der Waals surface area contributed by atoms with E-state index in [1.807, 2.05) is 6.07 Å². The maximum Gasteiger partial charge on any atom is 0.234 e. The van der Waals surface area contributed by atoms with Crippen LogP contribution in [0.4, 0.5) is 5.69 Å². The molecule has 0 aliphatic heterocycles. The molecule has 0 aromatic heterocycles. The molecular formula is C11H14N2O2S. The summed E-state index contributed by atoms with van der Waals surface area (Å²) >= 11 is 0. The summed E-state index contributed by atoms with van der Waals surface area (Å²) in [5.41, 5.74) is 0.829. The summed E-state index contributed by atoms with van der Waals surface area (Å²) in [4.78, 5) is 0. The van der Waals surface area contributed by atoms with Crippen molar-refractivity contribution in [3.8, 4) is 6.07 Å². The Morgan fingerprint density at radius 1 is 1.31 bits per heavy atom. The molecule has 0 bridgehead atoms. The Morgan fingerprint density at radius 2 is 1.94 bits per heavy atom. The van der Waals surface area contributed by atoms with Gasteiger partial charge in [-0.15, -0.1) is 0 Å². The molecule has 0 aliphatic carbocycles. The lowest BCUT2D eigenvalue weighted by Crippen LogP contribution is -2.32. The highest BCUT2D eigenvalue weighted by molar-refractivity contribution is 7.92. The Bertz CT molecular complexity index is 503. The van der Waals surface area contributed by atoms with Crippen molar-refractivity contribution in [2.75, 3.05) is 16.6 Å². The summed E-state index contributed by atoms with van der Waals surface area (Å²) in [6.45, 7) is 3.67. The van der Waals surface area contributed by atoms with Crippen LogP contribution < -0.4 is 4.31 Å². The van der Waals surface area contributed by atoms with Crippen molar-refractivity contribution >= 4 is 15.7 Å². The Labute approximate surface area is 96.2 Å². The monoisotopic (exact) mass is 238 g/mol. The summed E-state index contributed by atoms with van der Waals surface area (Å²) in [7, 11) is -3.31. The van der Waals surface area contributed by atoms with Gasteiger partial charge in [0.15, 0.2) is 0 Å². The molecule has 0 unspecified atom stereocenters. The van der Waals surface area contributed by atoms with Gasteiger partial charge in [0, 0.05) is 6.54 Å². The molecule has 0 saturated heterocycles. The molecule has 0 radical (unpaired) electrons. The first-order valence-electron chi connectivity index (χ1n) is 5.06. The first-order valence-corrected chi connectivity index (χ1v) is 6.67. The normalized spacial score (nSPS) is 10.8. The van der Waals surface area contributed by atoms with Crippen LogP contribution in [0.3, 0.4) is 0 Å². The van der Waals surface area contributed by atoms with Crippen LogP contribution in [-0.4, -0.2) is 20.7 Å². The molecule has 0 N–H and O–H groups in total. The van der Waals surface area contributed by atoms with E-state index in [0.717, 1.165) is 0 Å². The number of hydrogen-bond acceptors (Lipinski definition) is 3. The van der Waals surface area contributed by atoms with Gasteiger partial charge in [0.05, 0.1) is 17.0 Å². The average molecular weight is 238 g/mol. The minimum atomic E-state index is -3.31. The number of nitrogens with zero attached hydrogens (tertiary/aromatic N) is 2. The molecule has 1 aromatic carbocycles. The molecule has 0 spiro atoms.